The molecule has 0 bridgehead atoms. The minimum absolute atomic E-state index is 0.286. The number of imidazole rings is 1. The molecule has 0 radical (unpaired) electrons. The van der Waals surface area contributed by atoms with Gasteiger partial charge in [-0.3, -0.25) is 4.79 Å². The number of hydrogen-bond acceptors (Lipinski definition) is 4. The van der Waals surface area contributed by atoms with Gasteiger partial charge in [0.1, 0.15) is 11.4 Å². The summed E-state index contributed by atoms with van der Waals surface area (Å²) >= 11 is 0. The number of aromatic nitrogens is 3. The number of nitrogens with one attached hydrogen (secondary N) is 1. The molecule has 1 N–H and O–H groups in total. The molecule has 0 fully saturated rings. The van der Waals surface area contributed by atoms with Gasteiger partial charge in [0.25, 0.3) is 5.91 Å². The van der Waals surface area contributed by atoms with Crippen LogP contribution in [0.3, 0.4) is 0 Å². The van der Waals surface area contributed by atoms with Crippen LogP contribution in [0.25, 0.3) is 5.65 Å². The summed E-state index contributed by atoms with van der Waals surface area (Å²) in [6, 6.07) is 10.8. The van der Waals surface area contributed by atoms with E-state index in [9.17, 15) is 4.79 Å². The maximum atomic E-state index is 12.2. The summed E-state index contributed by atoms with van der Waals surface area (Å²) in [5.74, 6) is 0.395. The number of aryl methyl sites for hydroxylation is 1. The maximum absolute atomic E-state index is 12.2. The molecule has 0 aliphatic rings. The number of nitrogens with zero attached hydrogens (tertiary/aromatic N) is 3. The Morgan fingerprint density at radius 2 is 2.14 bits per heavy atom. The van der Waals surface area contributed by atoms with Crippen molar-refractivity contribution in [3.8, 4) is 5.75 Å². The van der Waals surface area contributed by atoms with Crippen LogP contribution in [-0.2, 0) is 0 Å². The van der Waals surface area contributed by atoms with E-state index in [2.05, 4.69) is 15.4 Å². The quantitative estimate of drug-likeness (QED) is 0.800. The van der Waals surface area contributed by atoms with Crippen LogP contribution in [0.5, 0.6) is 5.75 Å². The third-order valence-corrected chi connectivity index (χ3v) is 3.01. The number of benzene rings is 1. The molecule has 0 saturated heterocycles. The summed E-state index contributed by atoms with van der Waals surface area (Å²) in [5, 5.41) is 7.05. The fourth-order valence-electron chi connectivity index (χ4n) is 1.98. The molecule has 2 heterocycles. The van der Waals surface area contributed by atoms with Crippen LogP contribution < -0.4 is 10.1 Å². The Labute approximate surface area is 121 Å². The van der Waals surface area contributed by atoms with Crippen molar-refractivity contribution < 1.29 is 9.53 Å². The molecular weight excluding hydrogens is 268 g/mol. The Balaban J connectivity index is 1.86. The number of fused-ring (bicyclic) bond motifs is 1. The third kappa shape index (κ3) is 2.69. The molecule has 1 amide bonds. The van der Waals surface area contributed by atoms with Gasteiger partial charge in [0, 0.05) is 11.8 Å². The number of carbonyl (C=O) groups is 1. The molecule has 1 aromatic carbocycles. The fraction of sp³-hybridized carbons (Fsp3) is 0.133. The molecular formula is C15H14N4O2. The first-order valence-electron chi connectivity index (χ1n) is 6.44. The number of rotatable bonds is 3. The van der Waals surface area contributed by atoms with E-state index in [0.717, 1.165) is 5.69 Å². The average Bonchev–Trinajstić information content (AvgIpc) is 2.90. The highest BCUT2D eigenvalue weighted by Crippen LogP contribution is 2.17. The molecule has 0 spiro atoms. The zero-order valence-electron chi connectivity index (χ0n) is 11.7. The van der Waals surface area contributed by atoms with Gasteiger partial charge in [-0.25, -0.2) is 9.50 Å². The smallest absolute Gasteiger partial charge is 0.275 e. The second-order valence-electron chi connectivity index (χ2n) is 4.59. The number of hydrogen-bond donors (Lipinski definition) is 1. The summed E-state index contributed by atoms with van der Waals surface area (Å²) in [5.41, 5.74) is 2.47. The van der Waals surface area contributed by atoms with Gasteiger partial charge in [-0.05, 0) is 31.2 Å². The minimum Gasteiger partial charge on any atom is -0.497 e. The lowest BCUT2D eigenvalue weighted by molar-refractivity contribution is 0.102. The second kappa shape index (κ2) is 5.24. The highest BCUT2D eigenvalue weighted by atomic mass is 16.5. The SMILES string of the molecule is COc1cccc(NC(=O)c2cn3nc(C)ccc3n2)c1. The van der Waals surface area contributed by atoms with Gasteiger partial charge in [-0.2, -0.15) is 5.10 Å². The van der Waals surface area contributed by atoms with Crippen LogP contribution >= 0.6 is 0 Å². The number of ether oxygens (including phenoxy) is 1. The summed E-state index contributed by atoms with van der Waals surface area (Å²) in [7, 11) is 1.58. The van der Waals surface area contributed by atoms with Crippen LogP contribution in [-0.4, -0.2) is 27.6 Å². The standard InChI is InChI=1S/C15H14N4O2/c1-10-6-7-14-17-13(9-19(14)18-10)15(20)16-11-4-3-5-12(8-11)21-2/h3-9H,1-2H3,(H,16,20). The van der Waals surface area contributed by atoms with E-state index in [4.69, 9.17) is 4.74 Å². The molecule has 0 aliphatic heterocycles. The maximum Gasteiger partial charge on any atom is 0.275 e. The molecule has 0 unspecified atom stereocenters. The summed E-state index contributed by atoms with van der Waals surface area (Å²) in [6.45, 7) is 1.88. The van der Waals surface area contributed by atoms with Gasteiger partial charge < -0.3 is 10.1 Å². The van der Waals surface area contributed by atoms with Crippen molar-refractivity contribution >= 4 is 17.2 Å². The third-order valence-electron chi connectivity index (χ3n) is 3.01. The van der Waals surface area contributed by atoms with Crippen molar-refractivity contribution in [3.05, 3.63) is 54.0 Å². The number of amides is 1. The van der Waals surface area contributed by atoms with Crippen molar-refractivity contribution in [2.24, 2.45) is 0 Å². The van der Waals surface area contributed by atoms with Crippen LogP contribution in [0.15, 0.2) is 42.6 Å². The first kappa shape index (κ1) is 13.1. The summed E-state index contributed by atoms with van der Waals surface area (Å²) in [4.78, 5) is 16.5. The number of methoxy groups -OCH3 is 1. The van der Waals surface area contributed by atoms with Crippen molar-refractivity contribution in [2.75, 3.05) is 12.4 Å². The highest BCUT2D eigenvalue weighted by Gasteiger charge is 2.12. The number of anilines is 1. The van der Waals surface area contributed by atoms with Crippen molar-refractivity contribution in [2.45, 2.75) is 6.92 Å². The largest absolute Gasteiger partial charge is 0.497 e. The van der Waals surface area contributed by atoms with E-state index in [0.29, 0.717) is 22.8 Å². The molecule has 21 heavy (non-hydrogen) atoms. The monoisotopic (exact) mass is 282 g/mol. The zero-order valence-corrected chi connectivity index (χ0v) is 11.7. The van der Waals surface area contributed by atoms with Crippen molar-refractivity contribution in [3.63, 3.8) is 0 Å². The van der Waals surface area contributed by atoms with E-state index in [1.165, 1.54) is 0 Å². The Hall–Kier alpha value is -2.89. The number of carbonyl (C=O) groups excluding carboxylic acids is 1. The Morgan fingerprint density at radius 1 is 1.29 bits per heavy atom. The van der Waals surface area contributed by atoms with Gasteiger partial charge >= 0.3 is 0 Å². The Bertz CT molecular complexity index is 810. The van der Waals surface area contributed by atoms with E-state index in [1.807, 2.05) is 31.2 Å². The van der Waals surface area contributed by atoms with Gasteiger partial charge in [0.2, 0.25) is 0 Å². The lowest BCUT2D eigenvalue weighted by Gasteiger charge is -2.05. The van der Waals surface area contributed by atoms with E-state index in [1.54, 1.807) is 30.0 Å². The van der Waals surface area contributed by atoms with E-state index >= 15 is 0 Å². The lowest BCUT2D eigenvalue weighted by Crippen LogP contribution is -2.12. The van der Waals surface area contributed by atoms with Gasteiger partial charge in [0.15, 0.2) is 5.65 Å². The molecule has 106 valence electrons. The van der Waals surface area contributed by atoms with Crippen LogP contribution in [0.2, 0.25) is 0 Å². The van der Waals surface area contributed by atoms with E-state index < -0.39 is 0 Å². The first-order valence-corrected chi connectivity index (χ1v) is 6.44. The molecule has 2 aromatic heterocycles. The lowest BCUT2D eigenvalue weighted by atomic mass is 10.3. The highest BCUT2D eigenvalue weighted by molar-refractivity contribution is 6.03. The normalized spacial score (nSPS) is 10.6. The first-order chi connectivity index (χ1) is 10.2. The van der Waals surface area contributed by atoms with Gasteiger partial charge in [-0.15, -0.1) is 0 Å². The van der Waals surface area contributed by atoms with Crippen LogP contribution in [0.4, 0.5) is 5.69 Å². The summed E-state index contributed by atoms with van der Waals surface area (Å²) in [6.07, 6.45) is 1.61. The predicted octanol–water partition coefficient (Wildman–Crippen LogP) is 2.30. The Morgan fingerprint density at radius 3 is 2.95 bits per heavy atom. The van der Waals surface area contributed by atoms with Gasteiger partial charge in [0.05, 0.1) is 19.0 Å². The second-order valence-corrected chi connectivity index (χ2v) is 4.59. The molecule has 3 aromatic rings. The molecule has 6 heteroatoms. The van der Waals surface area contributed by atoms with Crippen LogP contribution in [0.1, 0.15) is 16.2 Å². The molecule has 0 atom stereocenters. The molecule has 6 nitrogen and oxygen atoms in total. The van der Waals surface area contributed by atoms with Gasteiger partial charge in [-0.1, -0.05) is 6.07 Å². The van der Waals surface area contributed by atoms with Crippen molar-refractivity contribution in [1.29, 1.82) is 0 Å². The molecule has 0 aliphatic carbocycles. The predicted molar refractivity (Wildman–Crippen MR) is 78.7 cm³/mol. The molecule has 3 rings (SSSR count). The van der Waals surface area contributed by atoms with Crippen molar-refractivity contribution in [1.82, 2.24) is 14.6 Å². The minimum atomic E-state index is -0.286. The topological polar surface area (TPSA) is 68.5 Å². The molecule has 0 saturated carbocycles. The zero-order chi connectivity index (χ0) is 14.8. The Kier molecular flexibility index (Phi) is 3.27. The van der Waals surface area contributed by atoms with Crippen LogP contribution in [0, 0.1) is 6.92 Å². The fourth-order valence-corrected chi connectivity index (χ4v) is 1.98. The summed E-state index contributed by atoms with van der Waals surface area (Å²) < 4.78 is 6.72. The van der Waals surface area contributed by atoms with E-state index in [-0.39, 0.29) is 5.91 Å². The average molecular weight is 282 g/mol.